The molecule has 1 N–H and O–H groups in total. The van der Waals surface area contributed by atoms with Crippen LogP contribution in [-0.4, -0.2) is 54.0 Å². The van der Waals surface area contributed by atoms with Gasteiger partial charge in [-0.15, -0.1) is 11.3 Å². The van der Waals surface area contributed by atoms with Gasteiger partial charge < -0.3 is 15.1 Å². The molecule has 1 aromatic carbocycles. The van der Waals surface area contributed by atoms with E-state index < -0.39 is 0 Å². The van der Waals surface area contributed by atoms with Gasteiger partial charge in [0.1, 0.15) is 16.5 Å². The van der Waals surface area contributed by atoms with Crippen molar-refractivity contribution >= 4 is 33.3 Å². The van der Waals surface area contributed by atoms with Gasteiger partial charge >= 0.3 is 0 Å². The maximum absolute atomic E-state index is 12.2. The highest BCUT2D eigenvalue weighted by Crippen LogP contribution is 2.39. The standard InChI is InChI=1S/C24H29N5OS/c1-28(2)14-20-26-22(29-12-10-18(11-13-29)25-23(30)17-8-9-17)21-19(15-31-24(21)27-20)16-6-4-3-5-7-16/h3-7,15,17-18H,8-14H2,1-2H3,(H,25,30). The van der Waals surface area contributed by atoms with Gasteiger partial charge in [-0.3, -0.25) is 4.79 Å². The molecule has 1 amide bonds. The Morgan fingerprint density at radius 3 is 2.55 bits per heavy atom. The summed E-state index contributed by atoms with van der Waals surface area (Å²) < 4.78 is 0. The lowest BCUT2D eigenvalue weighted by atomic mass is 10.0. The minimum Gasteiger partial charge on any atom is -0.356 e. The lowest BCUT2D eigenvalue weighted by Crippen LogP contribution is -2.45. The van der Waals surface area contributed by atoms with Crippen molar-refractivity contribution in [2.24, 2.45) is 5.92 Å². The van der Waals surface area contributed by atoms with E-state index in [0.29, 0.717) is 0 Å². The molecule has 0 atom stereocenters. The summed E-state index contributed by atoms with van der Waals surface area (Å²) in [6, 6.07) is 10.8. The van der Waals surface area contributed by atoms with Gasteiger partial charge in [-0.1, -0.05) is 30.3 Å². The first kappa shape index (κ1) is 20.4. The summed E-state index contributed by atoms with van der Waals surface area (Å²) in [7, 11) is 4.09. The summed E-state index contributed by atoms with van der Waals surface area (Å²) in [5, 5.41) is 6.62. The number of amides is 1. The summed E-state index contributed by atoms with van der Waals surface area (Å²) in [5.41, 5.74) is 2.40. The van der Waals surface area contributed by atoms with E-state index in [4.69, 9.17) is 9.97 Å². The Morgan fingerprint density at radius 2 is 1.87 bits per heavy atom. The Hall–Kier alpha value is -2.51. The molecule has 7 heteroatoms. The lowest BCUT2D eigenvalue weighted by Gasteiger charge is -2.34. The van der Waals surface area contributed by atoms with E-state index in [1.165, 1.54) is 11.1 Å². The van der Waals surface area contributed by atoms with Crippen molar-refractivity contribution in [2.45, 2.75) is 38.3 Å². The highest BCUT2D eigenvalue weighted by molar-refractivity contribution is 7.17. The van der Waals surface area contributed by atoms with Crippen LogP contribution in [0.5, 0.6) is 0 Å². The fourth-order valence-corrected chi connectivity index (χ4v) is 5.24. The number of nitrogens with one attached hydrogen (secondary N) is 1. The molecule has 31 heavy (non-hydrogen) atoms. The van der Waals surface area contributed by atoms with E-state index in [0.717, 1.165) is 67.2 Å². The van der Waals surface area contributed by atoms with Crippen molar-refractivity contribution in [1.82, 2.24) is 20.2 Å². The summed E-state index contributed by atoms with van der Waals surface area (Å²) in [6.45, 7) is 2.51. The van der Waals surface area contributed by atoms with Crippen molar-refractivity contribution in [3.05, 3.63) is 41.5 Å². The molecule has 2 aliphatic rings. The van der Waals surface area contributed by atoms with Crippen LogP contribution >= 0.6 is 11.3 Å². The number of benzene rings is 1. The van der Waals surface area contributed by atoms with Crippen LogP contribution in [0.4, 0.5) is 5.82 Å². The van der Waals surface area contributed by atoms with Gasteiger partial charge in [0.15, 0.2) is 0 Å². The normalized spacial score (nSPS) is 17.5. The topological polar surface area (TPSA) is 61.4 Å². The summed E-state index contributed by atoms with van der Waals surface area (Å²) in [4.78, 5) is 27.6. The first-order chi connectivity index (χ1) is 15.1. The molecule has 0 radical (unpaired) electrons. The van der Waals surface area contributed by atoms with Crippen molar-refractivity contribution in [2.75, 3.05) is 32.1 Å². The maximum Gasteiger partial charge on any atom is 0.223 e. The van der Waals surface area contributed by atoms with Crippen LogP contribution in [0.1, 0.15) is 31.5 Å². The van der Waals surface area contributed by atoms with Crippen molar-refractivity contribution < 1.29 is 4.79 Å². The number of hydrogen-bond donors (Lipinski definition) is 1. The number of thiophene rings is 1. The van der Waals surface area contributed by atoms with E-state index in [-0.39, 0.29) is 17.9 Å². The van der Waals surface area contributed by atoms with Gasteiger partial charge in [-0.05, 0) is 45.3 Å². The third kappa shape index (κ3) is 4.43. The zero-order valence-corrected chi connectivity index (χ0v) is 19.0. The second-order valence-electron chi connectivity index (χ2n) is 8.94. The van der Waals surface area contributed by atoms with E-state index in [1.807, 2.05) is 20.2 Å². The minimum atomic E-state index is 0.250. The molecule has 2 fully saturated rings. The Bertz CT molecular complexity index is 1070. The molecule has 162 valence electrons. The van der Waals surface area contributed by atoms with E-state index in [1.54, 1.807) is 11.3 Å². The molecular formula is C24H29N5OS. The fourth-order valence-electron chi connectivity index (χ4n) is 4.28. The Balaban J connectivity index is 1.45. The van der Waals surface area contributed by atoms with Crippen LogP contribution in [0.3, 0.4) is 0 Å². The molecule has 0 bridgehead atoms. The van der Waals surface area contributed by atoms with Gasteiger partial charge in [0.25, 0.3) is 0 Å². The molecule has 1 saturated heterocycles. The lowest BCUT2D eigenvalue weighted by molar-refractivity contribution is -0.123. The molecule has 3 heterocycles. The number of piperidine rings is 1. The average Bonchev–Trinajstić information content (AvgIpc) is 3.54. The van der Waals surface area contributed by atoms with Gasteiger partial charge in [0, 0.05) is 36.0 Å². The zero-order chi connectivity index (χ0) is 21.4. The fraction of sp³-hybridized carbons (Fsp3) is 0.458. The molecule has 1 aliphatic carbocycles. The number of anilines is 1. The predicted molar refractivity (Wildman–Crippen MR) is 126 cm³/mol. The third-order valence-electron chi connectivity index (χ3n) is 6.09. The quantitative estimate of drug-likeness (QED) is 0.636. The number of carbonyl (C=O) groups is 1. The highest BCUT2D eigenvalue weighted by atomic mass is 32.1. The number of fused-ring (bicyclic) bond motifs is 1. The molecule has 0 unspecified atom stereocenters. The average molecular weight is 436 g/mol. The Kier molecular flexibility index (Phi) is 5.63. The first-order valence-corrected chi connectivity index (χ1v) is 12.0. The smallest absolute Gasteiger partial charge is 0.223 e. The van der Waals surface area contributed by atoms with Gasteiger partial charge in [-0.25, -0.2) is 9.97 Å². The monoisotopic (exact) mass is 435 g/mol. The van der Waals surface area contributed by atoms with Crippen molar-refractivity contribution in [1.29, 1.82) is 0 Å². The largest absolute Gasteiger partial charge is 0.356 e. The number of hydrogen-bond acceptors (Lipinski definition) is 6. The molecule has 2 aromatic heterocycles. The number of carbonyl (C=O) groups excluding carboxylic acids is 1. The van der Waals surface area contributed by atoms with Crippen LogP contribution in [0.2, 0.25) is 0 Å². The molecule has 6 nitrogen and oxygen atoms in total. The second kappa shape index (κ2) is 8.55. The van der Waals surface area contributed by atoms with Gasteiger partial charge in [-0.2, -0.15) is 0 Å². The van der Waals surface area contributed by atoms with Gasteiger partial charge in [0.2, 0.25) is 5.91 Å². The summed E-state index contributed by atoms with van der Waals surface area (Å²) in [6.07, 6.45) is 4.02. The summed E-state index contributed by atoms with van der Waals surface area (Å²) in [5.74, 6) is 2.42. The Labute approximate surface area is 187 Å². The number of rotatable bonds is 6. The molecule has 1 saturated carbocycles. The molecular weight excluding hydrogens is 406 g/mol. The van der Waals surface area contributed by atoms with Crippen LogP contribution < -0.4 is 10.2 Å². The molecule has 1 aliphatic heterocycles. The minimum absolute atomic E-state index is 0.250. The summed E-state index contributed by atoms with van der Waals surface area (Å²) >= 11 is 1.69. The molecule has 0 spiro atoms. The zero-order valence-electron chi connectivity index (χ0n) is 18.2. The van der Waals surface area contributed by atoms with Crippen molar-refractivity contribution in [3.8, 4) is 11.1 Å². The van der Waals surface area contributed by atoms with Crippen molar-refractivity contribution in [3.63, 3.8) is 0 Å². The number of nitrogens with zero attached hydrogens (tertiary/aromatic N) is 4. The second-order valence-corrected chi connectivity index (χ2v) is 9.80. The molecule has 5 rings (SSSR count). The maximum atomic E-state index is 12.2. The highest BCUT2D eigenvalue weighted by Gasteiger charge is 2.32. The number of aromatic nitrogens is 2. The predicted octanol–water partition coefficient (Wildman–Crippen LogP) is 3.91. The van der Waals surface area contributed by atoms with E-state index in [9.17, 15) is 4.79 Å². The third-order valence-corrected chi connectivity index (χ3v) is 6.96. The first-order valence-electron chi connectivity index (χ1n) is 11.1. The SMILES string of the molecule is CN(C)Cc1nc(N2CCC(NC(=O)C3CC3)CC2)c2c(-c3ccccc3)csc2n1. The Morgan fingerprint density at radius 1 is 1.13 bits per heavy atom. The van der Waals surface area contributed by atoms with Crippen LogP contribution in [0.15, 0.2) is 35.7 Å². The van der Waals surface area contributed by atoms with Crippen LogP contribution in [0.25, 0.3) is 21.3 Å². The van der Waals surface area contributed by atoms with Crippen LogP contribution in [0, 0.1) is 5.92 Å². The van der Waals surface area contributed by atoms with E-state index >= 15 is 0 Å². The van der Waals surface area contributed by atoms with E-state index in [2.05, 4.69) is 44.8 Å². The van der Waals surface area contributed by atoms with Gasteiger partial charge in [0.05, 0.1) is 11.9 Å². The van der Waals surface area contributed by atoms with Crippen LogP contribution in [-0.2, 0) is 11.3 Å². The molecule has 3 aromatic rings.